The number of ether oxygens (including phenoxy) is 1. The summed E-state index contributed by atoms with van der Waals surface area (Å²) in [5.41, 5.74) is -0.927. The molecule has 0 amide bonds. The predicted octanol–water partition coefficient (Wildman–Crippen LogP) is 3.17. The molecule has 0 bridgehead atoms. The van der Waals surface area contributed by atoms with Crippen LogP contribution in [0.15, 0.2) is 18.2 Å². The van der Waals surface area contributed by atoms with E-state index in [9.17, 15) is 13.2 Å². The number of benzene rings is 1. The molecule has 0 aromatic heterocycles. The van der Waals surface area contributed by atoms with Crippen molar-refractivity contribution < 1.29 is 17.9 Å². The van der Waals surface area contributed by atoms with Crippen LogP contribution in [0.5, 0.6) is 0 Å². The molecule has 1 aromatic rings. The van der Waals surface area contributed by atoms with Crippen molar-refractivity contribution in [2.75, 3.05) is 18.5 Å². The quantitative estimate of drug-likeness (QED) is 0.917. The fourth-order valence-electron chi connectivity index (χ4n) is 2.02. The summed E-state index contributed by atoms with van der Waals surface area (Å²) in [6.45, 7) is 1.18. The van der Waals surface area contributed by atoms with Gasteiger partial charge in [0.05, 0.1) is 23.3 Å². The lowest BCUT2D eigenvalue weighted by molar-refractivity contribution is -0.137. The molecule has 1 aliphatic rings. The van der Waals surface area contributed by atoms with E-state index in [2.05, 4.69) is 5.32 Å². The summed E-state index contributed by atoms with van der Waals surface area (Å²) in [5, 5.41) is 11.6. The van der Waals surface area contributed by atoms with Crippen LogP contribution in [0.1, 0.15) is 24.0 Å². The van der Waals surface area contributed by atoms with Gasteiger partial charge in [0.25, 0.3) is 0 Å². The van der Waals surface area contributed by atoms with Crippen molar-refractivity contribution in [1.29, 1.82) is 5.26 Å². The van der Waals surface area contributed by atoms with Gasteiger partial charge in [-0.2, -0.15) is 18.4 Å². The van der Waals surface area contributed by atoms with Crippen LogP contribution in [0.2, 0.25) is 0 Å². The molecule has 0 aliphatic carbocycles. The summed E-state index contributed by atoms with van der Waals surface area (Å²) in [4.78, 5) is 0. The van der Waals surface area contributed by atoms with Gasteiger partial charge >= 0.3 is 6.18 Å². The molecule has 1 unspecified atom stereocenters. The van der Waals surface area contributed by atoms with Crippen molar-refractivity contribution in [3.63, 3.8) is 0 Å². The Kier molecular flexibility index (Phi) is 3.96. The van der Waals surface area contributed by atoms with Gasteiger partial charge in [0, 0.05) is 18.8 Å². The highest BCUT2D eigenvalue weighted by Crippen LogP contribution is 2.33. The van der Waals surface area contributed by atoms with Crippen LogP contribution in [-0.2, 0) is 10.9 Å². The Bertz CT molecular complexity index is 488. The monoisotopic (exact) mass is 270 g/mol. The van der Waals surface area contributed by atoms with E-state index in [-0.39, 0.29) is 11.7 Å². The van der Waals surface area contributed by atoms with Gasteiger partial charge in [-0.1, -0.05) is 0 Å². The Balaban J connectivity index is 2.11. The Hall–Kier alpha value is -1.74. The number of alkyl halides is 3. The lowest BCUT2D eigenvalue weighted by atomic mass is 10.1. The third-order valence-corrected chi connectivity index (χ3v) is 3.00. The number of hydrogen-bond donors (Lipinski definition) is 1. The highest BCUT2D eigenvalue weighted by atomic mass is 19.4. The van der Waals surface area contributed by atoms with E-state index in [1.807, 2.05) is 0 Å². The smallest absolute Gasteiger partial charge is 0.382 e. The second kappa shape index (κ2) is 5.49. The summed E-state index contributed by atoms with van der Waals surface area (Å²) in [7, 11) is 0. The number of hydrogen-bond acceptors (Lipinski definition) is 3. The lowest BCUT2D eigenvalue weighted by Crippen LogP contribution is -2.19. The molecule has 0 radical (unpaired) electrons. The molecule has 1 aliphatic heterocycles. The highest BCUT2D eigenvalue weighted by Gasteiger charge is 2.33. The molecular weight excluding hydrogens is 257 g/mol. The van der Waals surface area contributed by atoms with Crippen LogP contribution in [0.25, 0.3) is 0 Å². The molecule has 102 valence electrons. The Morgan fingerprint density at radius 3 is 2.79 bits per heavy atom. The molecule has 19 heavy (non-hydrogen) atoms. The van der Waals surface area contributed by atoms with Gasteiger partial charge in [-0.25, -0.2) is 0 Å². The van der Waals surface area contributed by atoms with Crippen molar-refractivity contribution in [3.05, 3.63) is 29.3 Å². The van der Waals surface area contributed by atoms with E-state index in [0.717, 1.165) is 18.9 Å². The number of halogens is 3. The summed E-state index contributed by atoms with van der Waals surface area (Å²) >= 11 is 0. The van der Waals surface area contributed by atoms with Crippen molar-refractivity contribution in [2.24, 2.45) is 0 Å². The normalized spacial score (nSPS) is 19.2. The van der Waals surface area contributed by atoms with Crippen LogP contribution in [0.4, 0.5) is 18.9 Å². The van der Waals surface area contributed by atoms with Crippen LogP contribution in [0.3, 0.4) is 0 Å². The predicted molar refractivity (Wildman–Crippen MR) is 63.6 cm³/mol. The zero-order valence-electron chi connectivity index (χ0n) is 10.1. The zero-order chi connectivity index (χ0) is 13.9. The van der Waals surface area contributed by atoms with Crippen molar-refractivity contribution >= 4 is 5.69 Å². The van der Waals surface area contributed by atoms with E-state index in [1.54, 1.807) is 6.07 Å². The van der Waals surface area contributed by atoms with Gasteiger partial charge in [0.2, 0.25) is 0 Å². The maximum Gasteiger partial charge on any atom is 0.417 e. The number of rotatable bonds is 3. The first-order valence-electron chi connectivity index (χ1n) is 5.97. The molecule has 6 heteroatoms. The van der Waals surface area contributed by atoms with E-state index < -0.39 is 11.7 Å². The number of anilines is 1. The van der Waals surface area contributed by atoms with Crippen LogP contribution < -0.4 is 5.32 Å². The average Bonchev–Trinajstić information content (AvgIpc) is 2.88. The molecule has 1 aromatic carbocycles. The Labute approximate surface area is 109 Å². The van der Waals surface area contributed by atoms with E-state index in [0.29, 0.717) is 18.8 Å². The molecule has 1 fully saturated rings. The second-order valence-electron chi connectivity index (χ2n) is 4.39. The molecule has 1 heterocycles. The van der Waals surface area contributed by atoms with Gasteiger partial charge in [0.15, 0.2) is 0 Å². The van der Waals surface area contributed by atoms with E-state index in [1.165, 1.54) is 12.1 Å². The molecule has 2 rings (SSSR count). The molecule has 0 saturated carbocycles. The first-order chi connectivity index (χ1) is 9.00. The summed E-state index contributed by atoms with van der Waals surface area (Å²) in [5.74, 6) is 0. The molecular formula is C13H13F3N2O. The minimum Gasteiger partial charge on any atom is -0.382 e. The van der Waals surface area contributed by atoms with Gasteiger partial charge in [0.1, 0.15) is 0 Å². The zero-order valence-corrected chi connectivity index (χ0v) is 10.1. The van der Waals surface area contributed by atoms with Gasteiger partial charge in [-0.15, -0.1) is 0 Å². The number of nitriles is 1. The average molecular weight is 270 g/mol. The molecule has 3 nitrogen and oxygen atoms in total. The minimum atomic E-state index is -4.52. The topological polar surface area (TPSA) is 45.0 Å². The third-order valence-electron chi connectivity index (χ3n) is 3.00. The van der Waals surface area contributed by atoms with Crippen LogP contribution >= 0.6 is 0 Å². The van der Waals surface area contributed by atoms with Gasteiger partial charge in [-0.05, 0) is 31.0 Å². The van der Waals surface area contributed by atoms with Crippen molar-refractivity contribution in [1.82, 2.24) is 0 Å². The second-order valence-corrected chi connectivity index (χ2v) is 4.39. The standard InChI is InChI=1S/C13H13F3N2O/c14-13(15,16)12-6-10(4-3-9(12)7-17)18-8-11-2-1-5-19-11/h3-4,6,11,18H,1-2,5,8H2. The van der Waals surface area contributed by atoms with Crippen LogP contribution in [-0.4, -0.2) is 19.3 Å². The van der Waals surface area contributed by atoms with E-state index in [4.69, 9.17) is 10.00 Å². The molecule has 1 atom stereocenters. The van der Waals surface area contributed by atoms with Gasteiger partial charge in [-0.3, -0.25) is 0 Å². The lowest BCUT2D eigenvalue weighted by Gasteiger charge is -2.14. The number of nitrogens with one attached hydrogen (secondary N) is 1. The largest absolute Gasteiger partial charge is 0.417 e. The summed E-state index contributed by atoms with van der Waals surface area (Å²) in [6.07, 6.45) is -2.58. The number of nitrogens with zero attached hydrogens (tertiary/aromatic N) is 1. The minimum absolute atomic E-state index is 0.0463. The Morgan fingerprint density at radius 1 is 1.42 bits per heavy atom. The summed E-state index contributed by atoms with van der Waals surface area (Å²) in [6, 6.07) is 5.18. The Morgan fingerprint density at radius 2 is 2.21 bits per heavy atom. The van der Waals surface area contributed by atoms with Crippen molar-refractivity contribution in [2.45, 2.75) is 25.1 Å². The van der Waals surface area contributed by atoms with Crippen LogP contribution in [0, 0.1) is 11.3 Å². The molecule has 1 saturated heterocycles. The maximum atomic E-state index is 12.8. The van der Waals surface area contributed by atoms with Crippen molar-refractivity contribution in [3.8, 4) is 6.07 Å². The molecule has 0 spiro atoms. The van der Waals surface area contributed by atoms with Gasteiger partial charge < -0.3 is 10.1 Å². The third kappa shape index (κ3) is 3.38. The highest BCUT2D eigenvalue weighted by molar-refractivity contribution is 5.53. The SMILES string of the molecule is N#Cc1ccc(NCC2CCCO2)cc1C(F)(F)F. The first kappa shape index (κ1) is 13.7. The molecule has 1 N–H and O–H groups in total. The maximum absolute atomic E-state index is 12.8. The van der Waals surface area contributed by atoms with E-state index >= 15 is 0 Å². The fraction of sp³-hybridized carbons (Fsp3) is 0.462. The fourth-order valence-corrected chi connectivity index (χ4v) is 2.02. The first-order valence-corrected chi connectivity index (χ1v) is 5.97. The summed E-state index contributed by atoms with van der Waals surface area (Å²) < 4.78 is 43.6.